The first-order valence-electron chi connectivity index (χ1n) is 8.82. The first kappa shape index (κ1) is 18.4. The molecule has 7 heteroatoms. The number of carbonyl (C=O) groups excluding carboxylic acids is 1. The first-order valence-corrected chi connectivity index (χ1v) is 8.82. The minimum atomic E-state index is -0.0658. The second-order valence-electron chi connectivity index (χ2n) is 6.14. The number of aromatic nitrogens is 5. The molecule has 7 nitrogen and oxygen atoms in total. The Labute approximate surface area is 158 Å². The summed E-state index contributed by atoms with van der Waals surface area (Å²) >= 11 is 0. The smallest absolute Gasteiger partial charge is 0.256 e. The van der Waals surface area contributed by atoms with Gasteiger partial charge in [-0.25, -0.2) is 9.97 Å². The largest absolute Gasteiger partial charge is 0.338 e. The summed E-state index contributed by atoms with van der Waals surface area (Å²) in [5, 5.41) is 8.28. The van der Waals surface area contributed by atoms with Crippen molar-refractivity contribution < 1.29 is 4.79 Å². The molecule has 3 aromatic rings. The van der Waals surface area contributed by atoms with Gasteiger partial charge in [0.1, 0.15) is 5.82 Å². The Morgan fingerprint density at radius 3 is 2.44 bits per heavy atom. The number of nitrogens with zero attached hydrogens (tertiary/aromatic N) is 6. The highest BCUT2D eigenvalue weighted by atomic mass is 16.2. The summed E-state index contributed by atoms with van der Waals surface area (Å²) in [6.45, 7) is 8.88. The Kier molecular flexibility index (Phi) is 5.71. The van der Waals surface area contributed by atoms with Crippen LogP contribution in [0, 0.1) is 0 Å². The van der Waals surface area contributed by atoms with Crippen LogP contribution in [0.15, 0.2) is 55.6 Å². The fraction of sp³-hybridized carbons (Fsp3) is 0.250. The van der Waals surface area contributed by atoms with Crippen LogP contribution in [0.4, 0.5) is 0 Å². The molecule has 138 valence electrons. The molecule has 0 aliphatic heterocycles. The van der Waals surface area contributed by atoms with Crippen LogP contribution in [-0.2, 0) is 6.42 Å². The Hall–Kier alpha value is -3.35. The van der Waals surface area contributed by atoms with E-state index in [0.29, 0.717) is 36.6 Å². The lowest BCUT2D eigenvalue weighted by Gasteiger charge is -2.21. The van der Waals surface area contributed by atoms with Crippen molar-refractivity contribution in [2.75, 3.05) is 13.1 Å². The van der Waals surface area contributed by atoms with E-state index in [1.54, 1.807) is 35.8 Å². The van der Waals surface area contributed by atoms with Crippen LogP contribution in [0.1, 0.15) is 35.6 Å². The Morgan fingerprint density at radius 1 is 1.15 bits per heavy atom. The van der Waals surface area contributed by atoms with E-state index in [1.807, 2.05) is 32.0 Å². The second-order valence-corrected chi connectivity index (χ2v) is 6.14. The van der Waals surface area contributed by atoms with E-state index < -0.39 is 0 Å². The number of allylic oxidation sites excluding steroid dienone is 1. The average Bonchev–Trinajstić information content (AvgIpc) is 3.23. The number of carbonyl (C=O) groups is 1. The third-order valence-electron chi connectivity index (χ3n) is 4.24. The van der Waals surface area contributed by atoms with Gasteiger partial charge in [0.25, 0.3) is 5.91 Å². The molecule has 0 bridgehead atoms. The highest BCUT2D eigenvalue weighted by Gasteiger charge is 2.19. The molecule has 0 saturated carbocycles. The van der Waals surface area contributed by atoms with Crippen molar-refractivity contribution in [3.8, 4) is 5.69 Å². The molecule has 2 aromatic heterocycles. The number of benzene rings is 1. The maximum Gasteiger partial charge on any atom is 0.256 e. The molecule has 0 N–H and O–H groups in total. The molecule has 0 radical (unpaired) electrons. The van der Waals surface area contributed by atoms with Gasteiger partial charge >= 0.3 is 0 Å². The standard InChI is InChI=1S/C20H22N6O/c1-4-25(12-9-19-21-13-16(14-22-19)15(2)3)20(27)17-7-5-6-8-18(17)26-23-10-11-24-26/h5-8,10-11,13-14H,2,4,9,12H2,1,3H3. The van der Waals surface area contributed by atoms with E-state index in [0.717, 1.165) is 11.1 Å². The zero-order valence-electron chi connectivity index (χ0n) is 15.5. The van der Waals surface area contributed by atoms with E-state index >= 15 is 0 Å². The number of rotatable bonds is 7. The summed E-state index contributed by atoms with van der Waals surface area (Å²) in [6, 6.07) is 7.33. The fourth-order valence-electron chi connectivity index (χ4n) is 2.68. The van der Waals surface area contributed by atoms with Crippen molar-refractivity contribution in [2.24, 2.45) is 0 Å². The van der Waals surface area contributed by atoms with Crippen LogP contribution in [-0.4, -0.2) is 48.9 Å². The molecule has 3 rings (SSSR count). The molecule has 0 atom stereocenters. The van der Waals surface area contributed by atoms with Crippen molar-refractivity contribution in [1.29, 1.82) is 0 Å². The molecule has 0 aliphatic carbocycles. The van der Waals surface area contributed by atoms with Gasteiger partial charge < -0.3 is 4.90 Å². The van der Waals surface area contributed by atoms with Crippen LogP contribution in [0.3, 0.4) is 0 Å². The third-order valence-corrected chi connectivity index (χ3v) is 4.24. The minimum absolute atomic E-state index is 0.0658. The van der Waals surface area contributed by atoms with Crippen molar-refractivity contribution >= 4 is 11.5 Å². The van der Waals surface area contributed by atoms with Gasteiger partial charge in [0.05, 0.1) is 23.6 Å². The number of likely N-dealkylation sites (N-methyl/N-ethyl adjacent to an activating group) is 1. The molecule has 0 spiro atoms. The SMILES string of the molecule is C=C(C)c1cnc(CCN(CC)C(=O)c2ccccc2-n2nccn2)nc1. The Bertz CT molecular complexity index is 918. The zero-order valence-corrected chi connectivity index (χ0v) is 15.5. The summed E-state index contributed by atoms with van der Waals surface area (Å²) in [7, 11) is 0. The molecule has 0 saturated heterocycles. The average molecular weight is 362 g/mol. The number of amides is 1. The van der Waals surface area contributed by atoms with Gasteiger partial charge in [-0.1, -0.05) is 18.7 Å². The van der Waals surface area contributed by atoms with E-state index in [1.165, 1.54) is 4.80 Å². The Morgan fingerprint density at radius 2 is 1.81 bits per heavy atom. The molecule has 1 aromatic carbocycles. The van der Waals surface area contributed by atoms with Crippen LogP contribution in [0.5, 0.6) is 0 Å². The summed E-state index contributed by atoms with van der Waals surface area (Å²) in [5.41, 5.74) is 3.07. The predicted molar refractivity (Wildman–Crippen MR) is 103 cm³/mol. The van der Waals surface area contributed by atoms with Gasteiger partial charge in [0.15, 0.2) is 0 Å². The van der Waals surface area contributed by atoms with Crippen LogP contribution < -0.4 is 0 Å². The molecule has 0 unspecified atom stereocenters. The minimum Gasteiger partial charge on any atom is -0.338 e. The lowest BCUT2D eigenvalue weighted by Crippen LogP contribution is -2.33. The zero-order chi connectivity index (χ0) is 19.2. The first-order chi connectivity index (χ1) is 13.1. The van der Waals surface area contributed by atoms with Gasteiger partial charge in [-0.05, 0) is 31.6 Å². The summed E-state index contributed by atoms with van der Waals surface area (Å²) < 4.78 is 0. The van der Waals surface area contributed by atoms with Crippen molar-refractivity contribution in [2.45, 2.75) is 20.3 Å². The topological polar surface area (TPSA) is 76.8 Å². The van der Waals surface area contributed by atoms with Gasteiger partial charge in [-0.2, -0.15) is 15.0 Å². The van der Waals surface area contributed by atoms with E-state index in [2.05, 4.69) is 26.7 Å². The molecule has 0 fully saturated rings. The van der Waals surface area contributed by atoms with E-state index in [4.69, 9.17) is 0 Å². The fourth-order valence-corrected chi connectivity index (χ4v) is 2.68. The number of hydrogen-bond donors (Lipinski definition) is 0. The van der Waals surface area contributed by atoms with Crippen LogP contribution in [0.2, 0.25) is 0 Å². The highest BCUT2D eigenvalue weighted by Crippen LogP contribution is 2.15. The highest BCUT2D eigenvalue weighted by molar-refractivity contribution is 5.97. The lowest BCUT2D eigenvalue weighted by molar-refractivity contribution is 0.0765. The van der Waals surface area contributed by atoms with Crippen LogP contribution >= 0.6 is 0 Å². The Balaban J connectivity index is 1.74. The second kappa shape index (κ2) is 8.35. The molecular formula is C20H22N6O. The quantitative estimate of drug-likeness (QED) is 0.646. The maximum atomic E-state index is 13.1. The summed E-state index contributed by atoms with van der Waals surface area (Å²) in [5.74, 6) is 0.636. The van der Waals surface area contributed by atoms with Crippen LogP contribution in [0.25, 0.3) is 11.3 Å². The molecular weight excluding hydrogens is 340 g/mol. The molecule has 27 heavy (non-hydrogen) atoms. The third kappa shape index (κ3) is 4.25. The van der Waals surface area contributed by atoms with E-state index in [9.17, 15) is 4.79 Å². The van der Waals surface area contributed by atoms with Gasteiger partial charge in [-0.3, -0.25) is 4.79 Å². The normalized spacial score (nSPS) is 10.6. The van der Waals surface area contributed by atoms with E-state index in [-0.39, 0.29) is 5.91 Å². The van der Waals surface area contributed by atoms with Crippen molar-refractivity contribution in [3.63, 3.8) is 0 Å². The molecule has 1 amide bonds. The maximum absolute atomic E-state index is 13.1. The molecule has 0 aliphatic rings. The molecule has 2 heterocycles. The van der Waals surface area contributed by atoms with Crippen molar-refractivity contribution in [1.82, 2.24) is 29.9 Å². The predicted octanol–water partition coefficient (Wildman–Crippen LogP) is 2.80. The van der Waals surface area contributed by atoms with Gasteiger partial charge in [0.2, 0.25) is 0 Å². The van der Waals surface area contributed by atoms with Gasteiger partial charge in [0, 0.05) is 37.5 Å². The summed E-state index contributed by atoms with van der Waals surface area (Å²) in [6.07, 6.45) is 7.29. The number of para-hydroxylation sites is 1. The van der Waals surface area contributed by atoms with Crippen molar-refractivity contribution in [3.05, 3.63) is 72.6 Å². The summed E-state index contributed by atoms with van der Waals surface area (Å²) in [4.78, 5) is 25.0. The monoisotopic (exact) mass is 362 g/mol. The van der Waals surface area contributed by atoms with Gasteiger partial charge in [-0.15, -0.1) is 0 Å². The lowest BCUT2D eigenvalue weighted by atomic mass is 10.1. The number of hydrogen-bond acceptors (Lipinski definition) is 5.